The number of carbonyl (C=O) groups excluding carboxylic acids is 1. The molecule has 7 rings (SSSR count). The van der Waals surface area contributed by atoms with E-state index >= 15 is 0 Å². The fourth-order valence-electron chi connectivity index (χ4n) is 9.50. The quantitative estimate of drug-likeness (QED) is 0.0274. The summed E-state index contributed by atoms with van der Waals surface area (Å²) >= 11 is 0. The second-order valence-corrected chi connectivity index (χ2v) is 16.5. The summed E-state index contributed by atoms with van der Waals surface area (Å²) in [7, 11) is 1.70. The number of unbranched alkanes of at least 4 members (excludes halogenated alkanes) is 2. The van der Waals surface area contributed by atoms with Gasteiger partial charge in [0, 0.05) is 61.9 Å². The molecular weight excluding hydrogens is 818 g/mol. The Labute approximate surface area is 373 Å². The molecule has 0 aromatic heterocycles. The number of halogens is 1. The minimum Gasteiger partial charge on any atom is -0.489 e. The van der Waals surface area contributed by atoms with Crippen LogP contribution in [0.15, 0.2) is 133 Å². The van der Waals surface area contributed by atoms with E-state index < -0.39 is 22.7 Å². The van der Waals surface area contributed by atoms with E-state index in [4.69, 9.17) is 24.2 Å². The van der Waals surface area contributed by atoms with Gasteiger partial charge in [-0.2, -0.15) is 0 Å². The third kappa shape index (κ3) is 10.3. The first-order chi connectivity index (χ1) is 31.2. The minimum absolute atomic E-state index is 0.0107. The van der Waals surface area contributed by atoms with Crippen molar-refractivity contribution in [1.29, 1.82) is 0 Å². The lowest BCUT2D eigenvalue weighted by atomic mass is 9.55. The number of aliphatic hydroxyl groups is 2. The van der Waals surface area contributed by atoms with E-state index in [-0.39, 0.29) is 74.6 Å². The molecule has 1 saturated carbocycles. The number of benzene rings is 4. The number of non-ortho nitro benzene ring substituents is 1. The summed E-state index contributed by atoms with van der Waals surface area (Å²) in [4.78, 5) is 33.0. The van der Waals surface area contributed by atoms with Gasteiger partial charge >= 0.3 is 0 Å². The first kappa shape index (κ1) is 45.9. The van der Waals surface area contributed by atoms with Crippen LogP contribution in [0.25, 0.3) is 6.08 Å². The predicted molar refractivity (Wildman–Crippen MR) is 242 cm³/mol. The molecule has 4 aromatic rings. The number of allylic oxidation sites excluding steroid dienone is 1. The van der Waals surface area contributed by atoms with E-state index in [1.54, 1.807) is 60.5 Å². The van der Waals surface area contributed by atoms with Crippen LogP contribution in [-0.2, 0) is 27.6 Å². The number of likely N-dealkylation sites (N-methyl/N-ethyl adjacent to an activating group) is 1. The number of ether oxygens (including phenoxy) is 3. The van der Waals surface area contributed by atoms with Crippen LogP contribution in [0.3, 0.4) is 0 Å². The van der Waals surface area contributed by atoms with Gasteiger partial charge in [0.05, 0.1) is 23.2 Å². The van der Waals surface area contributed by atoms with Crippen molar-refractivity contribution in [2.75, 3.05) is 26.9 Å². The second-order valence-electron chi connectivity index (χ2n) is 16.5. The fourth-order valence-corrected chi connectivity index (χ4v) is 9.50. The summed E-state index contributed by atoms with van der Waals surface area (Å²) in [6.07, 6.45) is 11.5. The minimum atomic E-state index is -1.47. The Balaban J connectivity index is 1.37. The van der Waals surface area contributed by atoms with Crippen molar-refractivity contribution in [3.8, 4) is 11.5 Å². The van der Waals surface area contributed by atoms with Crippen molar-refractivity contribution in [3.63, 3.8) is 0 Å². The second kappa shape index (κ2) is 21.5. The Bertz CT molecular complexity index is 2340. The zero-order chi connectivity index (χ0) is 45.1. The molecule has 64 heavy (non-hydrogen) atoms. The lowest BCUT2D eigenvalue weighted by molar-refractivity contribution is -0.384. The Morgan fingerprint density at radius 3 is 2.44 bits per heavy atom. The molecule has 1 aliphatic heterocycles. The van der Waals surface area contributed by atoms with Crippen molar-refractivity contribution in [2.45, 2.75) is 75.9 Å². The first-order valence-electron chi connectivity index (χ1n) is 22.0. The summed E-state index contributed by atoms with van der Waals surface area (Å²) in [5.41, 5.74) is 4.31. The van der Waals surface area contributed by atoms with Crippen LogP contribution >= 0.6 is 0 Å². The molecule has 0 spiro atoms. The Morgan fingerprint density at radius 2 is 1.72 bits per heavy atom. The highest BCUT2D eigenvalue weighted by Gasteiger charge is 2.65. The maximum absolute atomic E-state index is 14.8. The number of nitrogens with zero attached hydrogens (tertiary/aromatic N) is 3. The van der Waals surface area contributed by atoms with Crippen molar-refractivity contribution < 1.29 is 43.4 Å². The maximum Gasteiger partial charge on any atom is 0.269 e. The van der Waals surface area contributed by atoms with Crippen LogP contribution < -0.4 is 9.47 Å². The monoisotopic (exact) mass is 873 g/mol. The molecule has 0 saturated heterocycles. The van der Waals surface area contributed by atoms with E-state index in [9.17, 15) is 29.5 Å². The molecule has 6 atom stereocenters. The Morgan fingerprint density at radius 1 is 0.984 bits per heavy atom. The van der Waals surface area contributed by atoms with Gasteiger partial charge in [0.1, 0.15) is 36.6 Å². The number of hydrogen-bond acceptors (Lipinski definition) is 10. The topological polar surface area (TPSA) is 153 Å². The van der Waals surface area contributed by atoms with Gasteiger partial charge in [-0.3, -0.25) is 14.9 Å². The average molecular weight is 874 g/mol. The molecule has 4 aromatic carbocycles. The van der Waals surface area contributed by atoms with Crippen LogP contribution in [0.2, 0.25) is 0 Å². The van der Waals surface area contributed by atoms with Crippen molar-refractivity contribution in [3.05, 3.63) is 166 Å². The van der Waals surface area contributed by atoms with Crippen LogP contribution in [0.5, 0.6) is 11.5 Å². The van der Waals surface area contributed by atoms with Crippen molar-refractivity contribution in [2.24, 2.45) is 22.9 Å². The molecule has 1 heterocycles. The van der Waals surface area contributed by atoms with E-state index in [0.717, 1.165) is 42.4 Å². The number of nitro groups is 1. The number of fused-ring (bicyclic) bond motifs is 2. The lowest BCUT2D eigenvalue weighted by Crippen LogP contribution is -2.69. The highest BCUT2D eigenvalue weighted by atomic mass is 19.1. The molecule has 3 aliphatic rings. The Kier molecular flexibility index (Phi) is 15.4. The van der Waals surface area contributed by atoms with Crippen LogP contribution in [0, 0.1) is 33.7 Å². The number of rotatable bonds is 21. The third-order valence-electron chi connectivity index (χ3n) is 12.6. The summed E-state index contributed by atoms with van der Waals surface area (Å²) in [6.45, 7) is 4.44. The van der Waals surface area contributed by atoms with Gasteiger partial charge in [-0.05, 0) is 96.7 Å². The average Bonchev–Trinajstić information content (AvgIpc) is 3.31. The molecule has 1 fully saturated rings. The molecule has 0 radical (unpaired) electrons. The highest BCUT2D eigenvalue weighted by molar-refractivity contribution is 6.03. The standard InChI is InChI=1S/C51H56FN3O9/c1-3-29-62-51-47(54(2)48(58)26-21-35-19-22-39(23-20-35)55(59)60)32-45(53-63-33-36-13-5-4-6-14-36)42-30-37(15-9-11-27-56)41(17-10-12-28-57)49(50(42)51)43-31-40(24-25-46(43)64-51)61-34-38-16-7-8-18-44(38)52/h3-8,13-14,16,18-26,30-31,37,41,47,49-50,56-57H,1,9-12,15,17,27-29,32-34H2,2H3. The third-order valence-corrected chi connectivity index (χ3v) is 12.6. The number of aliphatic hydroxyl groups excluding tert-OH is 2. The van der Waals surface area contributed by atoms with Gasteiger partial charge in [-0.1, -0.05) is 78.7 Å². The van der Waals surface area contributed by atoms with E-state index in [0.29, 0.717) is 41.2 Å². The number of amides is 1. The van der Waals surface area contributed by atoms with Crippen LogP contribution in [-0.4, -0.2) is 70.4 Å². The normalized spacial score (nSPS) is 22.8. The summed E-state index contributed by atoms with van der Waals surface area (Å²) in [6, 6.07) is 27.0. The number of hydrogen-bond donors (Lipinski definition) is 2. The zero-order valence-corrected chi connectivity index (χ0v) is 36.1. The van der Waals surface area contributed by atoms with E-state index in [1.165, 1.54) is 24.3 Å². The molecule has 2 aliphatic carbocycles. The summed E-state index contributed by atoms with van der Waals surface area (Å²) in [5, 5.41) is 36.0. The molecule has 336 valence electrons. The molecular formula is C51H56FN3O9. The molecule has 0 bridgehead atoms. The molecule has 6 unspecified atom stereocenters. The lowest BCUT2D eigenvalue weighted by Gasteiger charge is -2.59. The molecule has 12 nitrogen and oxygen atoms in total. The molecule has 13 heteroatoms. The molecule has 2 N–H and O–H groups in total. The van der Waals surface area contributed by atoms with Crippen molar-refractivity contribution in [1.82, 2.24) is 4.90 Å². The van der Waals surface area contributed by atoms with Gasteiger partial charge < -0.3 is 34.2 Å². The largest absolute Gasteiger partial charge is 0.489 e. The van der Waals surface area contributed by atoms with Gasteiger partial charge in [0.25, 0.3) is 5.69 Å². The maximum atomic E-state index is 14.8. The van der Waals surface area contributed by atoms with E-state index in [1.807, 2.05) is 42.5 Å². The number of carbonyl (C=O) groups is 1. The molecule has 1 amide bonds. The highest BCUT2D eigenvalue weighted by Crippen LogP contribution is 2.62. The number of nitro benzene ring substituents is 1. The summed E-state index contributed by atoms with van der Waals surface area (Å²) in [5.74, 6) is -1.92. The van der Waals surface area contributed by atoms with E-state index in [2.05, 4.69) is 12.7 Å². The van der Waals surface area contributed by atoms with Crippen molar-refractivity contribution >= 4 is 23.4 Å². The van der Waals surface area contributed by atoms with Gasteiger partial charge in [-0.15, -0.1) is 6.58 Å². The van der Waals surface area contributed by atoms with Crippen LogP contribution in [0.1, 0.15) is 73.1 Å². The first-order valence-corrected chi connectivity index (χ1v) is 22.0. The van der Waals surface area contributed by atoms with Crippen LogP contribution in [0.4, 0.5) is 10.1 Å². The van der Waals surface area contributed by atoms with Gasteiger partial charge in [0.2, 0.25) is 11.7 Å². The fraction of sp³-hybridized carbons (Fsp3) is 0.373. The summed E-state index contributed by atoms with van der Waals surface area (Å²) < 4.78 is 35.2. The number of oxime groups is 1. The van der Waals surface area contributed by atoms with Gasteiger partial charge in [-0.25, -0.2) is 4.39 Å². The SMILES string of the molecule is C=CCOC12Oc3ccc(OCc4ccccc4F)cc3C3C(CCCCO)C(CCCCO)C=C(C(=NOCc4ccccc4)CC1N(C)C(=O)C=Cc1ccc([N+](=O)[O-])cc1)C32. The zero-order valence-electron chi connectivity index (χ0n) is 36.1. The smallest absolute Gasteiger partial charge is 0.269 e. The Hall–Kier alpha value is -6.15. The predicted octanol–water partition coefficient (Wildman–Crippen LogP) is 9.32. The van der Waals surface area contributed by atoms with Gasteiger partial charge in [0.15, 0.2) is 0 Å².